The lowest BCUT2D eigenvalue weighted by atomic mass is 9.89. The number of allylic oxidation sites excluding steroid dienone is 1. The highest BCUT2D eigenvalue weighted by Gasteiger charge is 2.21. The monoisotopic (exact) mass is 388 g/mol. The predicted molar refractivity (Wildman–Crippen MR) is 107 cm³/mol. The Labute approximate surface area is 159 Å². The summed E-state index contributed by atoms with van der Waals surface area (Å²) in [5.41, 5.74) is 3.99. The summed E-state index contributed by atoms with van der Waals surface area (Å²) >= 11 is 6.17. The fourth-order valence-corrected chi connectivity index (χ4v) is 4.35. The molecule has 1 atom stereocenters. The van der Waals surface area contributed by atoms with E-state index in [4.69, 9.17) is 16.3 Å². The molecule has 1 heterocycles. The molecule has 0 N–H and O–H groups in total. The Bertz CT molecular complexity index is 973. The van der Waals surface area contributed by atoms with Gasteiger partial charge in [0, 0.05) is 16.5 Å². The van der Waals surface area contributed by atoms with Crippen molar-refractivity contribution < 1.29 is 13.2 Å². The Kier molecular flexibility index (Phi) is 5.26. The number of sulfone groups is 1. The molecule has 0 amide bonds. The van der Waals surface area contributed by atoms with Gasteiger partial charge in [-0.15, -0.1) is 6.58 Å². The van der Waals surface area contributed by atoms with Crippen LogP contribution in [-0.2, 0) is 9.84 Å². The van der Waals surface area contributed by atoms with Crippen LogP contribution in [0.25, 0.3) is 6.08 Å². The molecule has 2 aromatic rings. The van der Waals surface area contributed by atoms with Crippen molar-refractivity contribution in [3.8, 4) is 5.75 Å². The highest BCUT2D eigenvalue weighted by molar-refractivity contribution is 7.91. The zero-order valence-electron chi connectivity index (χ0n) is 14.8. The number of aryl methyl sites for hydroxylation is 1. The zero-order valence-corrected chi connectivity index (χ0v) is 16.4. The molecule has 3 rings (SSSR count). The fraction of sp³-hybridized carbons (Fsp3) is 0.238. The van der Waals surface area contributed by atoms with Crippen LogP contribution < -0.4 is 4.74 Å². The van der Waals surface area contributed by atoms with Crippen LogP contribution in [0.4, 0.5) is 0 Å². The van der Waals surface area contributed by atoms with E-state index in [2.05, 4.69) is 12.7 Å². The molecule has 1 unspecified atom stereocenters. The molecule has 1 aliphatic heterocycles. The van der Waals surface area contributed by atoms with Crippen molar-refractivity contribution in [1.82, 2.24) is 0 Å². The Morgan fingerprint density at radius 2 is 1.96 bits per heavy atom. The van der Waals surface area contributed by atoms with E-state index in [-0.39, 0.29) is 11.7 Å². The van der Waals surface area contributed by atoms with Crippen molar-refractivity contribution in [3.05, 3.63) is 76.3 Å². The van der Waals surface area contributed by atoms with Gasteiger partial charge >= 0.3 is 0 Å². The molecular formula is C21H21ClO3S. The Morgan fingerprint density at radius 3 is 2.58 bits per heavy atom. The van der Waals surface area contributed by atoms with E-state index in [9.17, 15) is 8.42 Å². The average Bonchev–Trinajstić information content (AvgIpc) is 2.62. The standard InChI is InChI=1S/C21H21ClO3S/c1-4-20(15-6-8-19(9-7-15)26(23,24)5-2)17-11-16-12-18(22)10-14(3)21(16)25-13-17/h4,6-12,20H,1,5,13H2,2-3H3. The van der Waals surface area contributed by atoms with Gasteiger partial charge in [-0.25, -0.2) is 8.42 Å². The van der Waals surface area contributed by atoms with Crippen LogP contribution >= 0.6 is 11.6 Å². The summed E-state index contributed by atoms with van der Waals surface area (Å²) in [7, 11) is -3.20. The molecule has 0 fully saturated rings. The van der Waals surface area contributed by atoms with Crippen molar-refractivity contribution >= 4 is 27.5 Å². The third-order valence-electron chi connectivity index (χ3n) is 4.61. The Hall–Kier alpha value is -2.04. The van der Waals surface area contributed by atoms with Crippen molar-refractivity contribution in [2.45, 2.75) is 24.7 Å². The van der Waals surface area contributed by atoms with E-state index in [0.717, 1.165) is 28.0 Å². The second-order valence-electron chi connectivity index (χ2n) is 6.33. The number of hydrogen-bond donors (Lipinski definition) is 0. The first-order valence-electron chi connectivity index (χ1n) is 8.44. The van der Waals surface area contributed by atoms with Gasteiger partial charge in [-0.2, -0.15) is 0 Å². The maximum atomic E-state index is 12.0. The molecule has 136 valence electrons. The maximum absolute atomic E-state index is 12.0. The third-order valence-corrected chi connectivity index (χ3v) is 6.57. The highest BCUT2D eigenvalue weighted by atomic mass is 35.5. The molecule has 1 aliphatic rings. The first-order chi connectivity index (χ1) is 12.4. The van der Waals surface area contributed by atoms with Gasteiger partial charge in [0.2, 0.25) is 0 Å². The van der Waals surface area contributed by atoms with E-state index in [0.29, 0.717) is 16.5 Å². The zero-order chi connectivity index (χ0) is 18.9. The Morgan fingerprint density at radius 1 is 1.27 bits per heavy atom. The van der Waals surface area contributed by atoms with Crippen LogP contribution in [0.15, 0.2) is 59.5 Å². The van der Waals surface area contributed by atoms with Crippen molar-refractivity contribution in [1.29, 1.82) is 0 Å². The summed E-state index contributed by atoms with van der Waals surface area (Å²) in [4.78, 5) is 0.341. The van der Waals surface area contributed by atoms with Gasteiger partial charge in [-0.05, 0) is 54.0 Å². The summed E-state index contributed by atoms with van der Waals surface area (Å²) in [6.07, 6.45) is 3.93. The number of benzene rings is 2. The number of hydrogen-bond acceptors (Lipinski definition) is 3. The largest absolute Gasteiger partial charge is 0.488 e. The van der Waals surface area contributed by atoms with Crippen LogP contribution in [-0.4, -0.2) is 20.8 Å². The first kappa shape index (κ1) is 18.7. The molecule has 2 aromatic carbocycles. The van der Waals surface area contributed by atoms with E-state index in [1.54, 1.807) is 19.1 Å². The van der Waals surface area contributed by atoms with E-state index >= 15 is 0 Å². The van der Waals surface area contributed by atoms with Crippen LogP contribution in [0, 0.1) is 6.92 Å². The van der Waals surface area contributed by atoms with Gasteiger partial charge < -0.3 is 4.74 Å². The molecule has 0 radical (unpaired) electrons. The lowest BCUT2D eigenvalue weighted by Crippen LogP contribution is -2.14. The normalized spacial score (nSPS) is 14.8. The summed E-state index contributed by atoms with van der Waals surface area (Å²) in [6.45, 7) is 8.03. The highest BCUT2D eigenvalue weighted by Crippen LogP contribution is 2.37. The number of rotatable bonds is 5. The van der Waals surface area contributed by atoms with E-state index in [1.807, 2.05) is 37.3 Å². The minimum absolute atomic E-state index is 0.0548. The topological polar surface area (TPSA) is 43.4 Å². The van der Waals surface area contributed by atoms with E-state index < -0.39 is 9.84 Å². The molecule has 0 spiro atoms. The third kappa shape index (κ3) is 3.57. The minimum Gasteiger partial charge on any atom is -0.488 e. The number of halogens is 1. The maximum Gasteiger partial charge on any atom is 0.178 e. The van der Waals surface area contributed by atoms with Crippen molar-refractivity contribution in [2.24, 2.45) is 0 Å². The van der Waals surface area contributed by atoms with Crippen LogP contribution in [0.2, 0.25) is 5.02 Å². The first-order valence-corrected chi connectivity index (χ1v) is 10.5. The van der Waals surface area contributed by atoms with Gasteiger partial charge in [0.05, 0.1) is 10.6 Å². The smallest absolute Gasteiger partial charge is 0.178 e. The molecule has 0 saturated heterocycles. The van der Waals surface area contributed by atoms with Crippen molar-refractivity contribution in [3.63, 3.8) is 0 Å². The van der Waals surface area contributed by atoms with E-state index in [1.165, 1.54) is 0 Å². The molecule has 26 heavy (non-hydrogen) atoms. The molecular weight excluding hydrogens is 368 g/mol. The fourth-order valence-electron chi connectivity index (χ4n) is 3.19. The molecule has 3 nitrogen and oxygen atoms in total. The summed E-state index contributed by atoms with van der Waals surface area (Å²) in [5, 5.41) is 0.673. The summed E-state index contributed by atoms with van der Waals surface area (Å²) in [5.74, 6) is 0.888. The van der Waals surface area contributed by atoms with Crippen LogP contribution in [0.5, 0.6) is 5.75 Å². The van der Waals surface area contributed by atoms with Crippen LogP contribution in [0.3, 0.4) is 0 Å². The summed E-state index contributed by atoms with van der Waals surface area (Å²) < 4.78 is 29.9. The molecule has 0 saturated carbocycles. The average molecular weight is 389 g/mol. The van der Waals surface area contributed by atoms with Gasteiger partial charge in [0.1, 0.15) is 12.4 Å². The summed E-state index contributed by atoms with van der Waals surface area (Å²) in [6, 6.07) is 10.8. The molecule has 0 aromatic heterocycles. The van der Waals surface area contributed by atoms with Gasteiger partial charge in [0.15, 0.2) is 9.84 Å². The van der Waals surface area contributed by atoms with Crippen LogP contribution in [0.1, 0.15) is 29.5 Å². The lowest BCUT2D eigenvalue weighted by molar-refractivity contribution is 0.339. The van der Waals surface area contributed by atoms with Crippen molar-refractivity contribution in [2.75, 3.05) is 12.4 Å². The lowest BCUT2D eigenvalue weighted by Gasteiger charge is -2.24. The predicted octanol–water partition coefficient (Wildman–Crippen LogP) is 5.19. The quantitative estimate of drug-likeness (QED) is 0.662. The second kappa shape index (κ2) is 7.29. The second-order valence-corrected chi connectivity index (χ2v) is 9.05. The number of ether oxygens (including phenoxy) is 1. The number of fused-ring (bicyclic) bond motifs is 1. The van der Waals surface area contributed by atoms with Gasteiger partial charge in [0.25, 0.3) is 0 Å². The molecule has 0 aliphatic carbocycles. The molecule has 5 heteroatoms. The molecule has 0 bridgehead atoms. The minimum atomic E-state index is -3.20. The SMILES string of the molecule is C=CC(C1=Cc2cc(Cl)cc(C)c2OC1)c1ccc(S(=O)(=O)CC)cc1. The van der Waals surface area contributed by atoms with Gasteiger partial charge in [-0.1, -0.05) is 36.7 Å². The van der Waals surface area contributed by atoms with Gasteiger partial charge in [-0.3, -0.25) is 0 Å². The Balaban J connectivity index is 1.97.